The van der Waals surface area contributed by atoms with Crippen LogP contribution in [0.5, 0.6) is 5.75 Å². The predicted octanol–water partition coefficient (Wildman–Crippen LogP) is 2.31. The van der Waals surface area contributed by atoms with Gasteiger partial charge in [-0.25, -0.2) is 0 Å². The van der Waals surface area contributed by atoms with Crippen molar-refractivity contribution in [1.82, 2.24) is 0 Å². The van der Waals surface area contributed by atoms with Gasteiger partial charge in [0.2, 0.25) is 0 Å². The Morgan fingerprint density at radius 2 is 1.63 bits per heavy atom. The van der Waals surface area contributed by atoms with Crippen LogP contribution in [-0.2, 0) is 13.0 Å². The second kappa shape index (κ2) is 6.95. The second-order valence-corrected chi connectivity index (χ2v) is 4.77. The lowest BCUT2D eigenvalue weighted by atomic mass is 10.1. The molecule has 0 saturated heterocycles. The van der Waals surface area contributed by atoms with E-state index in [1.807, 2.05) is 12.1 Å². The van der Waals surface area contributed by atoms with Gasteiger partial charge in [-0.15, -0.1) is 0 Å². The number of ether oxygens (including phenoxy) is 1. The molecule has 2 nitrogen and oxygen atoms in total. The van der Waals surface area contributed by atoms with Crippen molar-refractivity contribution in [2.45, 2.75) is 19.9 Å². The quantitative estimate of drug-likeness (QED) is 0.789. The Labute approximate surface area is 115 Å². The monoisotopic (exact) mass is 256 g/mol. The molecule has 0 amide bonds. The van der Waals surface area contributed by atoms with Crippen LogP contribution in [0.1, 0.15) is 16.7 Å². The first-order valence-electron chi connectivity index (χ1n) is 6.79. The van der Waals surface area contributed by atoms with Crippen LogP contribution in [0.3, 0.4) is 0 Å². The van der Waals surface area contributed by atoms with E-state index in [0.29, 0.717) is 0 Å². The van der Waals surface area contributed by atoms with Crippen LogP contribution in [0.15, 0.2) is 48.5 Å². The summed E-state index contributed by atoms with van der Waals surface area (Å²) in [5.74, 6) is 0.992. The molecule has 0 aromatic heterocycles. The third kappa shape index (κ3) is 3.83. The van der Waals surface area contributed by atoms with Crippen molar-refractivity contribution in [1.29, 1.82) is 0 Å². The van der Waals surface area contributed by atoms with Gasteiger partial charge in [0.15, 0.2) is 0 Å². The predicted molar refractivity (Wildman–Crippen MR) is 78.4 cm³/mol. The van der Waals surface area contributed by atoms with Crippen molar-refractivity contribution in [3.8, 4) is 5.75 Å². The maximum atomic E-state index is 5.37. The summed E-state index contributed by atoms with van der Waals surface area (Å²) in [6.07, 6.45) is 1.04. The number of para-hydroxylation sites is 1. The number of hydrogen-bond acceptors (Lipinski definition) is 1. The minimum absolute atomic E-state index is 0.992. The Morgan fingerprint density at radius 3 is 2.37 bits per heavy atom. The van der Waals surface area contributed by atoms with Crippen LogP contribution >= 0.6 is 0 Å². The molecular formula is C17H22NO+. The third-order valence-corrected chi connectivity index (χ3v) is 3.44. The highest BCUT2D eigenvalue weighted by Gasteiger charge is 2.03. The fraction of sp³-hybridized carbons (Fsp3) is 0.294. The Bertz CT molecular complexity index is 522. The highest BCUT2D eigenvalue weighted by molar-refractivity contribution is 5.33. The van der Waals surface area contributed by atoms with E-state index in [1.54, 1.807) is 7.11 Å². The lowest BCUT2D eigenvalue weighted by Crippen LogP contribution is -2.83. The first-order chi connectivity index (χ1) is 9.31. The summed E-state index contributed by atoms with van der Waals surface area (Å²) in [6.45, 7) is 4.29. The van der Waals surface area contributed by atoms with Crippen molar-refractivity contribution in [2.24, 2.45) is 0 Å². The molecule has 0 bridgehead atoms. The largest absolute Gasteiger partial charge is 0.496 e. The molecule has 2 aromatic carbocycles. The molecule has 0 atom stereocenters. The fourth-order valence-electron chi connectivity index (χ4n) is 2.26. The molecule has 0 fully saturated rings. The second-order valence-electron chi connectivity index (χ2n) is 4.77. The van der Waals surface area contributed by atoms with Crippen LogP contribution in [0.4, 0.5) is 0 Å². The van der Waals surface area contributed by atoms with Crippen LogP contribution in [0.2, 0.25) is 0 Å². The number of methoxy groups -OCH3 is 1. The average Bonchev–Trinajstić information content (AvgIpc) is 2.45. The maximum absolute atomic E-state index is 5.37. The summed E-state index contributed by atoms with van der Waals surface area (Å²) in [6, 6.07) is 16.8. The number of nitrogens with two attached hydrogens (primary N) is 1. The zero-order valence-corrected chi connectivity index (χ0v) is 11.7. The van der Waals surface area contributed by atoms with Crippen molar-refractivity contribution < 1.29 is 10.1 Å². The van der Waals surface area contributed by atoms with E-state index < -0.39 is 0 Å². The maximum Gasteiger partial charge on any atom is 0.122 e. The summed E-state index contributed by atoms with van der Waals surface area (Å²) in [5, 5.41) is 2.36. The van der Waals surface area contributed by atoms with Crippen LogP contribution in [-0.4, -0.2) is 13.7 Å². The van der Waals surface area contributed by atoms with Crippen LogP contribution in [0, 0.1) is 6.92 Å². The molecular weight excluding hydrogens is 234 g/mol. The summed E-state index contributed by atoms with van der Waals surface area (Å²) in [4.78, 5) is 0. The molecule has 0 heterocycles. The van der Waals surface area contributed by atoms with Gasteiger partial charge in [-0.1, -0.05) is 42.5 Å². The van der Waals surface area contributed by atoms with E-state index in [1.165, 1.54) is 16.7 Å². The van der Waals surface area contributed by atoms with Gasteiger partial charge in [0.1, 0.15) is 12.3 Å². The van der Waals surface area contributed by atoms with Crippen LogP contribution < -0.4 is 10.1 Å². The third-order valence-electron chi connectivity index (χ3n) is 3.44. The molecule has 100 valence electrons. The summed E-state index contributed by atoms with van der Waals surface area (Å²) in [7, 11) is 1.73. The molecule has 0 aliphatic heterocycles. The standard InChI is InChI=1S/C17H21NO/c1-14-7-3-4-9-16(14)13-18-12-11-15-8-5-6-10-17(15)19-2/h3-10,18H,11-13H2,1-2H3/p+1. The van der Waals surface area contributed by atoms with Gasteiger partial charge in [-0.3, -0.25) is 0 Å². The van der Waals surface area contributed by atoms with Crippen molar-refractivity contribution in [3.05, 3.63) is 65.2 Å². The normalized spacial score (nSPS) is 10.4. The fourth-order valence-corrected chi connectivity index (χ4v) is 2.26. The van der Waals surface area contributed by atoms with E-state index >= 15 is 0 Å². The van der Waals surface area contributed by atoms with Gasteiger partial charge in [-0.05, 0) is 24.1 Å². The first-order valence-corrected chi connectivity index (χ1v) is 6.79. The molecule has 2 heteroatoms. The molecule has 2 N–H and O–H groups in total. The lowest BCUT2D eigenvalue weighted by molar-refractivity contribution is -0.670. The molecule has 19 heavy (non-hydrogen) atoms. The van der Waals surface area contributed by atoms with E-state index in [0.717, 1.165) is 25.3 Å². The minimum atomic E-state index is 0.992. The average molecular weight is 256 g/mol. The lowest BCUT2D eigenvalue weighted by Gasteiger charge is -2.08. The van der Waals surface area contributed by atoms with Crippen molar-refractivity contribution in [2.75, 3.05) is 13.7 Å². The molecule has 0 saturated carbocycles. The highest BCUT2D eigenvalue weighted by Crippen LogP contribution is 2.16. The van der Waals surface area contributed by atoms with Gasteiger partial charge in [0, 0.05) is 12.0 Å². The Hall–Kier alpha value is -1.80. The molecule has 2 aromatic rings. The number of aryl methyl sites for hydroxylation is 1. The molecule has 0 unspecified atom stereocenters. The Balaban J connectivity index is 1.83. The SMILES string of the molecule is COc1ccccc1CC[NH2+]Cc1ccccc1C. The van der Waals surface area contributed by atoms with Gasteiger partial charge in [-0.2, -0.15) is 0 Å². The van der Waals surface area contributed by atoms with E-state index in [9.17, 15) is 0 Å². The Morgan fingerprint density at radius 1 is 0.947 bits per heavy atom. The first kappa shape index (κ1) is 13.6. The van der Waals surface area contributed by atoms with E-state index in [-0.39, 0.29) is 0 Å². The smallest absolute Gasteiger partial charge is 0.122 e. The Kier molecular flexibility index (Phi) is 4.99. The topological polar surface area (TPSA) is 25.8 Å². The van der Waals surface area contributed by atoms with Gasteiger partial charge >= 0.3 is 0 Å². The summed E-state index contributed by atoms with van der Waals surface area (Å²) in [5.41, 5.74) is 4.07. The zero-order chi connectivity index (χ0) is 13.5. The number of quaternary nitrogens is 1. The molecule has 0 spiro atoms. The van der Waals surface area contributed by atoms with E-state index in [2.05, 4.69) is 48.6 Å². The van der Waals surface area contributed by atoms with Gasteiger partial charge in [0.05, 0.1) is 13.7 Å². The van der Waals surface area contributed by atoms with Gasteiger partial charge < -0.3 is 10.1 Å². The number of rotatable bonds is 6. The number of benzene rings is 2. The van der Waals surface area contributed by atoms with Crippen molar-refractivity contribution in [3.63, 3.8) is 0 Å². The van der Waals surface area contributed by atoms with E-state index in [4.69, 9.17) is 4.74 Å². The molecule has 2 rings (SSSR count). The molecule has 0 aliphatic carbocycles. The van der Waals surface area contributed by atoms with Crippen molar-refractivity contribution >= 4 is 0 Å². The summed E-state index contributed by atoms with van der Waals surface area (Å²) >= 11 is 0. The van der Waals surface area contributed by atoms with Crippen LogP contribution in [0.25, 0.3) is 0 Å². The van der Waals surface area contributed by atoms with Gasteiger partial charge in [0.25, 0.3) is 0 Å². The minimum Gasteiger partial charge on any atom is -0.496 e. The number of hydrogen-bond donors (Lipinski definition) is 1. The molecule has 0 radical (unpaired) electrons. The molecule has 0 aliphatic rings. The highest BCUT2D eigenvalue weighted by atomic mass is 16.5. The summed E-state index contributed by atoms with van der Waals surface area (Å²) < 4.78 is 5.37. The zero-order valence-electron chi connectivity index (χ0n) is 11.7.